The van der Waals surface area contributed by atoms with Crippen molar-refractivity contribution in [2.75, 3.05) is 30.4 Å². The lowest BCUT2D eigenvalue weighted by Gasteiger charge is -2.30. The van der Waals surface area contributed by atoms with Gasteiger partial charge < -0.3 is 19.9 Å². The van der Waals surface area contributed by atoms with Crippen LogP contribution in [0.2, 0.25) is 0 Å². The van der Waals surface area contributed by atoms with E-state index < -0.39 is 17.0 Å². The third-order valence-corrected chi connectivity index (χ3v) is 8.10. The highest BCUT2D eigenvalue weighted by Gasteiger charge is 2.31. The van der Waals surface area contributed by atoms with Crippen LogP contribution in [0.15, 0.2) is 36.9 Å². The van der Waals surface area contributed by atoms with E-state index in [0.717, 1.165) is 60.0 Å². The number of esters is 1. The minimum Gasteiger partial charge on any atom is -0.469 e. The summed E-state index contributed by atoms with van der Waals surface area (Å²) in [6, 6.07) is 2.52. The number of anilines is 2. The molecule has 42 heavy (non-hydrogen) atoms. The predicted molar refractivity (Wildman–Crippen MR) is 151 cm³/mol. The minimum absolute atomic E-state index is 0.0232. The number of fused-ring (bicyclic) bond motifs is 1. The first-order chi connectivity index (χ1) is 20.2. The van der Waals surface area contributed by atoms with Crippen molar-refractivity contribution in [3.63, 3.8) is 0 Å². The van der Waals surface area contributed by atoms with Crippen LogP contribution in [0.1, 0.15) is 49.4 Å². The number of piperidine rings is 1. The van der Waals surface area contributed by atoms with Gasteiger partial charge in [-0.2, -0.15) is 0 Å². The molecule has 0 radical (unpaired) electrons. The Labute approximate surface area is 241 Å². The van der Waals surface area contributed by atoms with Crippen molar-refractivity contribution in [2.45, 2.75) is 58.0 Å². The number of hydrogen-bond donors (Lipinski definition) is 2. The van der Waals surface area contributed by atoms with Crippen LogP contribution in [0.3, 0.4) is 0 Å². The first-order valence-electron chi connectivity index (χ1n) is 14.0. The summed E-state index contributed by atoms with van der Waals surface area (Å²) < 4.78 is 33.8. The topological polar surface area (TPSA) is 127 Å². The molecule has 2 aliphatic rings. The second-order valence-electron chi connectivity index (χ2n) is 11.7. The van der Waals surface area contributed by atoms with Gasteiger partial charge >= 0.3 is 5.97 Å². The van der Waals surface area contributed by atoms with Crippen LogP contribution in [0.4, 0.5) is 20.7 Å². The zero-order chi connectivity index (χ0) is 29.4. The molecule has 2 N–H and O–H groups in total. The lowest BCUT2D eigenvalue weighted by molar-refractivity contribution is -0.151. The summed E-state index contributed by atoms with van der Waals surface area (Å²) in [5, 5.41) is 11.9. The number of nitrogens with one attached hydrogen (secondary N) is 2. The number of nitrogens with zero attached hydrogens (tertiary/aromatic N) is 7. The van der Waals surface area contributed by atoms with Crippen molar-refractivity contribution < 1.29 is 18.3 Å². The molecule has 4 aromatic rings. The van der Waals surface area contributed by atoms with E-state index >= 15 is 0 Å². The lowest BCUT2D eigenvalue weighted by atomic mass is 9.93. The molecule has 1 fully saturated rings. The molecule has 13 heteroatoms. The Morgan fingerprint density at radius 3 is 2.38 bits per heavy atom. The number of benzene rings is 1. The Hall–Kier alpha value is -4.42. The maximum absolute atomic E-state index is 13.6. The number of methoxy groups -OCH3 is 1. The average molecular weight is 578 g/mol. The number of halogens is 2. The predicted octanol–water partition coefficient (Wildman–Crippen LogP) is 3.90. The Kier molecular flexibility index (Phi) is 7.33. The second-order valence-corrected chi connectivity index (χ2v) is 11.7. The molecule has 4 heterocycles. The van der Waals surface area contributed by atoms with E-state index in [1.807, 2.05) is 20.0 Å². The van der Waals surface area contributed by atoms with E-state index in [2.05, 4.69) is 40.5 Å². The molecule has 0 saturated carbocycles. The standard InChI is InChI=1S/C29H33F2N9O2/c1-29(2,26(41)42-3)16-40-15-25(37-38-40)17-4-6-39(7-5-17)28-34-14-24(36-28)20-12-32-27(33-13-20)35-21-8-18-10-22(30)23(31)11-19(18)9-21/h10-15,17,21H,4-9,16H2,1-3H3,(H,34,36)(H,32,33,35). The monoisotopic (exact) mass is 577 g/mol. The van der Waals surface area contributed by atoms with Gasteiger partial charge in [-0.3, -0.25) is 9.48 Å². The van der Waals surface area contributed by atoms with E-state index in [1.165, 1.54) is 19.2 Å². The number of aromatic amines is 1. The van der Waals surface area contributed by atoms with Gasteiger partial charge in [-0.15, -0.1) is 5.10 Å². The van der Waals surface area contributed by atoms with Gasteiger partial charge in [0.25, 0.3) is 0 Å². The maximum Gasteiger partial charge on any atom is 0.313 e. The van der Waals surface area contributed by atoms with Crippen LogP contribution in [-0.2, 0) is 28.9 Å². The third-order valence-electron chi connectivity index (χ3n) is 8.10. The van der Waals surface area contributed by atoms with Gasteiger partial charge in [0.15, 0.2) is 11.6 Å². The van der Waals surface area contributed by atoms with Crippen LogP contribution < -0.4 is 10.2 Å². The summed E-state index contributed by atoms with van der Waals surface area (Å²) in [6.07, 6.45) is 10.1. The van der Waals surface area contributed by atoms with Crippen molar-refractivity contribution in [2.24, 2.45) is 5.41 Å². The van der Waals surface area contributed by atoms with Gasteiger partial charge in [0, 0.05) is 49.2 Å². The summed E-state index contributed by atoms with van der Waals surface area (Å²) in [6.45, 7) is 5.69. The molecule has 11 nitrogen and oxygen atoms in total. The highest BCUT2D eigenvalue weighted by Crippen LogP contribution is 2.30. The molecular formula is C29H33F2N9O2. The van der Waals surface area contributed by atoms with Gasteiger partial charge in [-0.25, -0.2) is 23.7 Å². The lowest BCUT2D eigenvalue weighted by Crippen LogP contribution is -2.33. The highest BCUT2D eigenvalue weighted by molar-refractivity contribution is 5.75. The van der Waals surface area contributed by atoms with Crippen LogP contribution in [0, 0.1) is 17.0 Å². The first kappa shape index (κ1) is 27.7. The molecule has 6 rings (SSSR count). The summed E-state index contributed by atoms with van der Waals surface area (Å²) in [4.78, 5) is 31.1. The zero-order valence-corrected chi connectivity index (χ0v) is 23.8. The second kappa shape index (κ2) is 11.1. The first-order valence-corrected chi connectivity index (χ1v) is 14.0. The molecule has 0 unspecified atom stereocenters. The Balaban J connectivity index is 1.02. The number of ether oxygens (including phenoxy) is 1. The van der Waals surface area contributed by atoms with Crippen molar-refractivity contribution in [1.82, 2.24) is 34.9 Å². The fourth-order valence-corrected chi connectivity index (χ4v) is 5.77. The van der Waals surface area contributed by atoms with Crippen LogP contribution in [0.5, 0.6) is 0 Å². The van der Waals surface area contributed by atoms with E-state index in [-0.39, 0.29) is 17.9 Å². The highest BCUT2D eigenvalue weighted by atomic mass is 19.2. The van der Waals surface area contributed by atoms with Crippen LogP contribution in [0.25, 0.3) is 11.3 Å². The Morgan fingerprint density at radius 1 is 1.07 bits per heavy atom. The average Bonchev–Trinajstić information content (AvgIpc) is 3.74. The smallest absolute Gasteiger partial charge is 0.313 e. The molecule has 1 aliphatic carbocycles. The number of hydrogen-bond acceptors (Lipinski definition) is 9. The number of H-pyrrole nitrogens is 1. The Morgan fingerprint density at radius 2 is 1.74 bits per heavy atom. The van der Waals surface area contributed by atoms with Gasteiger partial charge in [0.1, 0.15) is 0 Å². The van der Waals surface area contributed by atoms with E-state index in [1.54, 1.807) is 23.3 Å². The molecule has 1 saturated heterocycles. The van der Waals surface area contributed by atoms with Crippen molar-refractivity contribution in [1.29, 1.82) is 0 Å². The van der Waals surface area contributed by atoms with E-state index in [0.29, 0.717) is 25.3 Å². The molecule has 3 aromatic heterocycles. The maximum atomic E-state index is 13.6. The molecular weight excluding hydrogens is 544 g/mol. The molecule has 1 aliphatic heterocycles. The van der Waals surface area contributed by atoms with Gasteiger partial charge in [-0.05, 0) is 62.8 Å². The zero-order valence-electron chi connectivity index (χ0n) is 23.8. The summed E-state index contributed by atoms with van der Waals surface area (Å²) in [7, 11) is 1.39. The van der Waals surface area contributed by atoms with Crippen LogP contribution in [-0.4, -0.2) is 67.1 Å². The van der Waals surface area contributed by atoms with Crippen LogP contribution >= 0.6 is 0 Å². The molecule has 0 amide bonds. The number of carbonyl (C=O) groups is 1. The molecule has 220 valence electrons. The number of carbonyl (C=O) groups excluding carboxylic acids is 1. The van der Waals surface area contributed by atoms with Crippen molar-refractivity contribution >= 4 is 17.9 Å². The number of aromatic nitrogens is 7. The quantitative estimate of drug-likeness (QED) is 0.300. The Bertz CT molecular complexity index is 1550. The van der Waals surface area contributed by atoms with Crippen molar-refractivity contribution in [3.05, 3.63) is 65.4 Å². The van der Waals surface area contributed by atoms with Crippen molar-refractivity contribution in [3.8, 4) is 11.3 Å². The van der Waals surface area contributed by atoms with Gasteiger partial charge in [-0.1, -0.05) is 5.21 Å². The van der Waals surface area contributed by atoms with E-state index in [9.17, 15) is 13.6 Å². The SMILES string of the molecule is COC(=O)C(C)(C)Cn1cc(C2CCN(c3ncc(-c4cnc(NC5Cc6cc(F)c(F)cc6C5)nc4)[nH]3)CC2)nn1. The third kappa shape index (κ3) is 5.68. The van der Waals surface area contributed by atoms with Gasteiger partial charge in [0.05, 0.1) is 36.7 Å². The largest absolute Gasteiger partial charge is 0.469 e. The summed E-state index contributed by atoms with van der Waals surface area (Å²) in [5.41, 5.74) is 3.48. The fourth-order valence-electron chi connectivity index (χ4n) is 5.77. The number of imidazole rings is 1. The molecule has 0 bridgehead atoms. The summed E-state index contributed by atoms with van der Waals surface area (Å²) >= 11 is 0. The summed E-state index contributed by atoms with van der Waals surface area (Å²) in [5.74, 6) is -0.383. The fraction of sp³-hybridized carbons (Fsp3) is 0.448. The van der Waals surface area contributed by atoms with E-state index in [4.69, 9.17) is 4.74 Å². The normalized spacial score (nSPS) is 16.1. The van der Waals surface area contributed by atoms with Gasteiger partial charge in [0.2, 0.25) is 11.9 Å². The minimum atomic E-state index is -0.819. The molecule has 0 spiro atoms. The molecule has 1 aromatic carbocycles. The number of rotatable bonds is 8. The molecule has 0 atom stereocenters.